The first-order valence-corrected chi connectivity index (χ1v) is 7.78. The number of rotatable bonds is 7. The van der Waals surface area contributed by atoms with Crippen molar-refractivity contribution in [3.63, 3.8) is 0 Å². The Morgan fingerprint density at radius 2 is 2.25 bits per heavy atom. The zero-order valence-electron chi connectivity index (χ0n) is 13.1. The molecule has 0 radical (unpaired) electrons. The zero-order chi connectivity index (χ0) is 14.4. The highest BCUT2D eigenvalue weighted by atomic mass is 16.5. The Labute approximate surface area is 123 Å². The van der Waals surface area contributed by atoms with Gasteiger partial charge in [-0.05, 0) is 49.6 Å². The molecule has 112 valence electrons. The van der Waals surface area contributed by atoms with E-state index < -0.39 is 0 Å². The highest BCUT2D eigenvalue weighted by molar-refractivity contribution is 5.51. The predicted octanol–water partition coefficient (Wildman–Crippen LogP) is 2.97. The first-order chi connectivity index (χ1) is 9.74. The fourth-order valence-corrected chi connectivity index (χ4v) is 2.91. The van der Waals surface area contributed by atoms with E-state index in [1.54, 1.807) is 7.11 Å². The Morgan fingerprint density at radius 3 is 2.95 bits per heavy atom. The molecule has 1 aliphatic rings. The van der Waals surface area contributed by atoms with Gasteiger partial charge in [0.2, 0.25) is 0 Å². The molecular weight excluding hydrogens is 248 g/mol. The zero-order valence-corrected chi connectivity index (χ0v) is 13.1. The van der Waals surface area contributed by atoms with Crippen LogP contribution in [0.2, 0.25) is 0 Å². The molecule has 1 fully saturated rings. The summed E-state index contributed by atoms with van der Waals surface area (Å²) in [4.78, 5) is 2.49. The number of aryl methyl sites for hydroxylation is 1. The summed E-state index contributed by atoms with van der Waals surface area (Å²) in [5, 5.41) is 3.47. The van der Waals surface area contributed by atoms with E-state index in [0.717, 1.165) is 32.8 Å². The number of nitrogens with one attached hydrogen (secondary N) is 1. The number of ether oxygens (including phenoxy) is 1. The van der Waals surface area contributed by atoms with Gasteiger partial charge in [0.05, 0.1) is 6.61 Å². The number of nitrogens with zero attached hydrogens (tertiary/aromatic N) is 1. The number of benzene rings is 1. The molecule has 3 heteroatoms. The van der Waals surface area contributed by atoms with Crippen molar-refractivity contribution in [2.24, 2.45) is 5.92 Å². The Balaban J connectivity index is 1.95. The van der Waals surface area contributed by atoms with Crippen LogP contribution < -0.4 is 10.2 Å². The maximum absolute atomic E-state index is 5.27. The van der Waals surface area contributed by atoms with Gasteiger partial charge < -0.3 is 15.0 Å². The summed E-state index contributed by atoms with van der Waals surface area (Å²) in [5.74, 6) is 0.686. The van der Waals surface area contributed by atoms with E-state index >= 15 is 0 Å². The molecule has 1 N–H and O–H groups in total. The molecule has 3 nitrogen and oxygen atoms in total. The Bertz CT molecular complexity index is 419. The van der Waals surface area contributed by atoms with Crippen molar-refractivity contribution in [2.45, 2.75) is 33.2 Å². The van der Waals surface area contributed by atoms with Crippen molar-refractivity contribution < 1.29 is 4.74 Å². The number of anilines is 1. The van der Waals surface area contributed by atoms with Crippen LogP contribution in [0.1, 0.15) is 30.9 Å². The third-order valence-corrected chi connectivity index (χ3v) is 4.12. The van der Waals surface area contributed by atoms with Crippen LogP contribution in [0.4, 0.5) is 5.69 Å². The Hall–Kier alpha value is -1.06. The van der Waals surface area contributed by atoms with Gasteiger partial charge in [0.15, 0.2) is 0 Å². The van der Waals surface area contributed by atoms with Crippen molar-refractivity contribution in [3.05, 3.63) is 29.3 Å². The van der Waals surface area contributed by atoms with Gasteiger partial charge in [0.25, 0.3) is 0 Å². The summed E-state index contributed by atoms with van der Waals surface area (Å²) in [5.41, 5.74) is 4.16. The van der Waals surface area contributed by atoms with Crippen molar-refractivity contribution >= 4 is 5.69 Å². The number of methoxy groups -OCH3 is 1. The fourth-order valence-electron chi connectivity index (χ4n) is 2.91. The summed E-state index contributed by atoms with van der Waals surface area (Å²) in [6.45, 7) is 9.65. The van der Waals surface area contributed by atoms with E-state index in [4.69, 9.17) is 4.74 Å². The van der Waals surface area contributed by atoms with Gasteiger partial charge in [-0.25, -0.2) is 0 Å². The van der Waals surface area contributed by atoms with Gasteiger partial charge in [0, 0.05) is 38.3 Å². The molecule has 0 aromatic heterocycles. The molecule has 2 rings (SSSR count). The first kappa shape index (κ1) is 15.3. The summed E-state index contributed by atoms with van der Waals surface area (Å²) < 4.78 is 5.27. The third-order valence-electron chi connectivity index (χ3n) is 4.12. The van der Waals surface area contributed by atoms with Crippen molar-refractivity contribution in [2.75, 3.05) is 38.3 Å². The summed E-state index contributed by atoms with van der Waals surface area (Å²) in [7, 11) is 1.80. The van der Waals surface area contributed by atoms with Crippen molar-refractivity contribution in [1.29, 1.82) is 0 Å². The van der Waals surface area contributed by atoms with Gasteiger partial charge in [-0.3, -0.25) is 0 Å². The topological polar surface area (TPSA) is 24.5 Å². The lowest BCUT2D eigenvalue weighted by atomic mass is 10.1. The summed E-state index contributed by atoms with van der Waals surface area (Å²) >= 11 is 0. The van der Waals surface area contributed by atoms with E-state index in [1.807, 2.05) is 0 Å². The van der Waals surface area contributed by atoms with Gasteiger partial charge in [0.1, 0.15) is 0 Å². The summed E-state index contributed by atoms with van der Waals surface area (Å²) in [6.07, 6.45) is 2.43. The molecule has 1 saturated heterocycles. The maximum atomic E-state index is 5.27. The highest BCUT2D eigenvalue weighted by Crippen LogP contribution is 2.26. The lowest BCUT2D eigenvalue weighted by Crippen LogP contribution is -2.21. The molecular formula is C17H28N2O. The molecule has 1 atom stereocenters. The molecule has 1 aromatic rings. The van der Waals surface area contributed by atoms with Crippen LogP contribution in [0.5, 0.6) is 0 Å². The van der Waals surface area contributed by atoms with E-state index in [-0.39, 0.29) is 0 Å². The van der Waals surface area contributed by atoms with Crippen LogP contribution >= 0.6 is 0 Å². The highest BCUT2D eigenvalue weighted by Gasteiger charge is 2.22. The minimum absolute atomic E-state index is 0.686. The number of hydrogen-bond acceptors (Lipinski definition) is 3. The van der Waals surface area contributed by atoms with Gasteiger partial charge in [-0.15, -0.1) is 0 Å². The van der Waals surface area contributed by atoms with Crippen molar-refractivity contribution in [1.82, 2.24) is 5.32 Å². The average molecular weight is 276 g/mol. The lowest BCUT2D eigenvalue weighted by molar-refractivity contribution is 0.161. The predicted molar refractivity (Wildman–Crippen MR) is 85.4 cm³/mol. The average Bonchev–Trinajstić information content (AvgIpc) is 2.90. The second-order valence-electron chi connectivity index (χ2n) is 5.84. The molecule has 0 aliphatic carbocycles. The van der Waals surface area contributed by atoms with E-state index in [9.17, 15) is 0 Å². The van der Waals surface area contributed by atoms with Crippen LogP contribution in [0.25, 0.3) is 0 Å². The molecule has 1 heterocycles. The van der Waals surface area contributed by atoms with Gasteiger partial charge in [-0.2, -0.15) is 0 Å². The lowest BCUT2D eigenvalue weighted by Gasteiger charge is -2.20. The number of hydrogen-bond donors (Lipinski definition) is 1. The van der Waals surface area contributed by atoms with Crippen LogP contribution in [0, 0.1) is 12.8 Å². The summed E-state index contributed by atoms with van der Waals surface area (Å²) in [6, 6.07) is 6.88. The minimum atomic E-state index is 0.686. The SMILES string of the molecule is CCCNCc1ccc(N2CCC(COC)C2)cc1C. The molecule has 0 amide bonds. The molecule has 1 aliphatic heterocycles. The standard InChI is InChI=1S/C17H28N2O/c1-4-8-18-11-16-5-6-17(10-14(16)2)19-9-7-15(12-19)13-20-3/h5-6,10,15,18H,4,7-9,11-13H2,1-3H3. The van der Waals surface area contributed by atoms with Crippen LogP contribution in [-0.2, 0) is 11.3 Å². The quantitative estimate of drug-likeness (QED) is 0.775. The van der Waals surface area contributed by atoms with Gasteiger partial charge in [-0.1, -0.05) is 13.0 Å². The monoisotopic (exact) mass is 276 g/mol. The maximum Gasteiger partial charge on any atom is 0.0508 e. The normalized spacial score (nSPS) is 18.8. The first-order valence-electron chi connectivity index (χ1n) is 7.78. The molecule has 0 bridgehead atoms. The van der Waals surface area contributed by atoms with E-state index in [1.165, 1.54) is 29.7 Å². The van der Waals surface area contributed by atoms with Gasteiger partial charge >= 0.3 is 0 Å². The van der Waals surface area contributed by atoms with Crippen LogP contribution in [0.15, 0.2) is 18.2 Å². The second-order valence-corrected chi connectivity index (χ2v) is 5.84. The van der Waals surface area contributed by atoms with Crippen molar-refractivity contribution in [3.8, 4) is 0 Å². The Morgan fingerprint density at radius 1 is 1.40 bits per heavy atom. The second kappa shape index (κ2) is 7.65. The fraction of sp³-hybridized carbons (Fsp3) is 0.647. The molecule has 1 unspecified atom stereocenters. The molecule has 0 spiro atoms. The smallest absolute Gasteiger partial charge is 0.0508 e. The third kappa shape index (κ3) is 3.97. The minimum Gasteiger partial charge on any atom is -0.384 e. The van der Waals surface area contributed by atoms with Crippen LogP contribution in [0.3, 0.4) is 0 Å². The molecule has 1 aromatic carbocycles. The van der Waals surface area contributed by atoms with Crippen LogP contribution in [-0.4, -0.2) is 33.4 Å². The largest absolute Gasteiger partial charge is 0.384 e. The molecule has 20 heavy (non-hydrogen) atoms. The van der Waals surface area contributed by atoms with E-state index in [0.29, 0.717) is 5.92 Å². The Kier molecular flexibility index (Phi) is 5.86. The van der Waals surface area contributed by atoms with E-state index in [2.05, 4.69) is 42.3 Å². The molecule has 0 saturated carbocycles.